The predicted molar refractivity (Wildman–Crippen MR) is 83.9 cm³/mol. The first kappa shape index (κ1) is 14.1. The van der Waals surface area contributed by atoms with Crippen molar-refractivity contribution < 1.29 is 4.74 Å². The number of ether oxygens (including phenoxy) is 1. The highest BCUT2D eigenvalue weighted by Crippen LogP contribution is 2.29. The van der Waals surface area contributed by atoms with Crippen molar-refractivity contribution in [3.63, 3.8) is 0 Å². The molecule has 2 heterocycles. The third-order valence-electron chi connectivity index (χ3n) is 2.99. The van der Waals surface area contributed by atoms with Gasteiger partial charge in [-0.1, -0.05) is 23.7 Å². The van der Waals surface area contributed by atoms with Crippen molar-refractivity contribution in [1.29, 1.82) is 0 Å². The normalized spacial score (nSPS) is 11.0. The highest BCUT2D eigenvalue weighted by molar-refractivity contribution is 7.17. The lowest BCUT2D eigenvalue weighted by Gasteiger charge is -2.11. The number of hydrogen-bond donors (Lipinski definition) is 2. The molecular weight excluding hydrogens is 310 g/mol. The van der Waals surface area contributed by atoms with Crippen LogP contribution < -0.4 is 16.0 Å². The quantitative estimate of drug-likeness (QED) is 0.774. The largest absolute Gasteiger partial charge is 0.484 e. The molecule has 3 aromatic rings. The van der Waals surface area contributed by atoms with Gasteiger partial charge in [-0.2, -0.15) is 0 Å². The minimum absolute atomic E-state index is 0.123. The maximum Gasteiger partial charge on any atom is 0.268 e. The van der Waals surface area contributed by atoms with Crippen LogP contribution in [0.3, 0.4) is 0 Å². The second-order valence-corrected chi connectivity index (χ2v) is 5.69. The number of benzene rings is 1. The molecule has 0 saturated heterocycles. The number of nitrogens with zero attached hydrogens (tertiary/aromatic N) is 1. The van der Waals surface area contributed by atoms with E-state index >= 15 is 0 Å². The average Bonchev–Trinajstić information content (AvgIpc) is 2.94. The van der Waals surface area contributed by atoms with Crippen molar-refractivity contribution in [3.05, 3.63) is 56.4 Å². The first-order valence-corrected chi connectivity index (χ1v) is 7.51. The lowest BCUT2D eigenvalue weighted by molar-refractivity contribution is 0.293. The van der Waals surface area contributed by atoms with E-state index in [1.54, 1.807) is 12.1 Å². The zero-order valence-electron chi connectivity index (χ0n) is 10.9. The summed E-state index contributed by atoms with van der Waals surface area (Å²) in [5.41, 5.74) is 6.98. The number of fused-ring (bicyclic) bond motifs is 1. The molecule has 2 aromatic heterocycles. The molecule has 1 aromatic carbocycles. The van der Waals surface area contributed by atoms with Crippen LogP contribution in [-0.4, -0.2) is 9.97 Å². The molecule has 0 spiro atoms. The third kappa shape index (κ3) is 2.78. The van der Waals surface area contributed by atoms with E-state index in [1.807, 2.05) is 17.5 Å². The van der Waals surface area contributed by atoms with Gasteiger partial charge >= 0.3 is 0 Å². The third-order valence-corrected chi connectivity index (χ3v) is 4.19. The fourth-order valence-corrected chi connectivity index (χ4v) is 2.98. The molecule has 21 heavy (non-hydrogen) atoms. The molecule has 0 unspecified atom stereocenters. The summed E-state index contributed by atoms with van der Waals surface area (Å²) in [6, 6.07) is 7.20. The van der Waals surface area contributed by atoms with Crippen molar-refractivity contribution in [2.24, 2.45) is 5.73 Å². The van der Waals surface area contributed by atoms with Gasteiger partial charge in [0.05, 0.1) is 10.5 Å². The van der Waals surface area contributed by atoms with E-state index in [-0.39, 0.29) is 12.2 Å². The molecule has 7 heteroatoms. The Morgan fingerprint density at radius 1 is 1.38 bits per heavy atom. The van der Waals surface area contributed by atoms with Crippen molar-refractivity contribution in [2.45, 2.75) is 13.2 Å². The molecule has 3 rings (SSSR count). The molecule has 0 bridgehead atoms. The van der Waals surface area contributed by atoms with E-state index in [0.29, 0.717) is 33.4 Å². The highest BCUT2D eigenvalue weighted by Gasteiger charge is 2.10. The van der Waals surface area contributed by atoms with E-state index in [1.165, 1.54) is 11.3 Å². The first-order chi connectivity index (χ1) is 10.2. The summed E-state index contributed by atoms with van der Waals surface area (Å²) in [6.07, 6.45) is 0. The molecule has 0 amide bonds. The van der Waals surface area contributed by atoms with Crippen molar-refractivity contribution in [2.75, 3.05) is 0 Å². The molecule has 0 fully saturated rings. The van der Waals surface area contributed by atoms with Gasteiger partial charge in [0.25, 0.3) is 5.56 Å². The van der Waals surface area contributed by atoms with E-state index < -0.39 is 0 Å². The average molecular weight is 322 g/mol. The summed E-state index contributed by atoms with van der Waals surface area (Å²) in [4.78, 5) is 18.9. The van der Waals surface area contributed by atoms with Gasteiger partial charge in [0, 0.05) is 12.1 Å². The smallest absolute Gasteiger partial charge is 0.268 e. The fourth-order valence-electron chi connectivity index (χ4n) is 2.01. The topological polar surface area (TPSA) is 81.0 Å². The van der Waals surface area contributed by atoms with Crippen LogP contribution in [0.25, 0.3) is 10.2 Å². The molecule has 108 valence electrons. The number of hydrogen-bond acceptors (Lipinski definition) is 5. The Morgan fingerprint density at radius 3 is 3.05 bits per heavy atom. The predicted octanol–water partition coefficient (Wildman–Crippen LogP) is 2.68. The number of para-hydroxylation sites is 1. The molecular formula is C14H12ClN3O2S. The van der Waals surface area contributed by atoms with Gasteiger partial charge in [-0.25, -0.2) is 4.98 Å². The Morgan fingerprint density at radius 2 is 2.24 bits per heavy atom. The Hall–Kier alpha value is -1.89. The molecule has 3 N–H and O–H groups in total. The Bertz CT molecular complexity index is 844. The SMILES string of the molecule is NCc1cccc(Cl)c1OCc1nc2ccsc2c(=O)[nH]1. The minimum Gasteiger partial charge on any atom is -0.484 e. The lowest BCUT2D eigenvalue weighted by atomic mass is 10.2. The molecule has 0 aliphatic rings. The van der Waals surface area contributed by atoms with Gasteiger partial charge in [0.15, 0.2) is 0 Å². The monoisotopic (exact) mass is 321 g/mol. The number of aromatic amines is 1. The zero-order chi connectivity index (χ0) is 14.8. The molecule has 0 radical (unpaired) electrons. The summed E-state index contributed by atoms with van der Waals surface area (Å²) < 4.78 is 6.29. The molecule has 0 aliphatic carbocycles. The summed E-state index contributed by atoms with van der Waals surface area (Å²) in [6.45, 7) is 0.446. The number of nitrogens with two attached hydrogens (primary N) is 1. The molecule has 0 saturated carbocycles. The Balaban J connectivity index is 1.88. The van der Waals surface area contributed by atoms with Gasteiger partial charge in [0.1, 0.15) is 22.9 Å². The van der Waals surface area contributed by atoms with Gasteiger partial charge in [-0.15, -0.1) is 11.3 Å². The molecule has 0 atom stereocenters. The number of nitrogens with one attached hydrogen (secondary N) is 1. The Labute approximate surface area is 129 Å². The van der Waals surface area contributed by atoms with Crippen LogP contribution in [0.4, 0.5) is 0 Å². The van der Waals surface area contributed by atoms with E-state index in [2.05, 4.69) is 9.97 Å². The lowest BCUT2D eigenvalue weighted by Crippen LogP contribution is -2.13. The summed E-state index contributed by atoms with van der Waals surface area (Å²) >= 11 is 7.47. The van der Waals surface area contributed by atoms with Gasteiger partial charge in [-0.3, -0.25) is 4.79 Å². The van der Waals surface area contributed by atoms with Crippen LogP contribution in [0.2, 0.25) is 5.02 Å². The minimum atomic E-state index is -0.160. The van der Waals surface area contributed by atoms with Crippen LogP contribution in [0.1, 0.15) is 11.4 Å². The highest BCUT2D eigenvalue weighted by atomic mass is 35.5. The Kier molecular flexibility index (Phi) is 3.92. The maximum atomic E-state index is 11.9. The van der Waals surface area contributed by atoms with E-state index in [0.717, 1.165) is 5.56 Å². The zero-order valence-corrected chi connectivity index (χ0v) is 12.5. The van der Waals surface area contributed by atoms with Crippen molar-refractivity contribution >= 4 is 33.2 Å². The second-order valence-electron chi connectivity index (χ2n) is 4.37. The van der Waals surface area contributed by atoms with Crippen molar-refractivity contribution in [3.8, 4) is 5.75 Å². The summed E-state index contributed by atoms with van der Waals surface area (Å²) in [5, 5.41) is 2.31. The van der Waals surface area contributed by atoms with Crippen LogP contribution in [0.15, 0.2) is 34.4 Å². The first-order valence-electron chi connectivity index (χ1n) is 6.25. The van der Waals surface area contributed by atoms with Crippen molar-refractivity contribution in [1.82, 2.24) is 9.97 Å². The number of H-pyrrole nitrogens is 1. The number of rotatable bonds is 4. The summed E-state index contributed by atoms with van der Waals surface area (Å²) in [5.74, 6) is 0.975. The molecule has 5 nitrogen and oxygen atoms in total. The fraction of sp³-hybridized carbons (Fsp3) is 0.143. The van der Waals surface area contributed by atoms with E-state index in [9.17, 15) is 4.79 Å². The van der Waals surface area contributed by atoms with Crippen LogP contribution in [0.5, 0.6) is 5.75 Å². The maximum absolute atomic E-state index is 11.9. The van der Waals surface area contributed by atoms with Crippen LogP contribution in [-0.2, 0) is 13.2 Å². The number of thiophene rings is 1. The van der Waals surface area contributed by atoms with Gasteiger partial charge in [-0.05, 0) is 17.5 Å². The number of halogens is 1. The molecule has 0 aliphatic heterocycles. The van der Waals surface area contributed by atoms with Gasteiger partial charge in [0.2, 0.25) is 0 Å². The second kappa shape index (κ2) is 5.85. The van der Waals surface area contributed by atoms with Crippen LogP contribution >= 0.6 is 22.9 Å². The summed E-state index contributed by atoms with van der Waals surface area (Å²) in [7, 11) is 0. The number of aromatic nitrogens is 2. The standard InChI is InChI=1S/C14H12ClN3O2S/c15-9-3-1-2-8(6-16)12(9)20-7-11-17-10-4-5-21-13(10)14(19)18-11/h1-5H,6-7,16H2,(H,17,18,19). The van der Waals surface area contributed by atoms with Crippen LogP contribution in [0, 0.1) is 0 Å². The van der Waals surface area contributed by atoms with E-state index in [4.69, 9.17) is 22.1 Å². The van der Waals surface area contributed by atoms with Gasteiger partial charge < -0.3 is 15.5 Å².